The first-order valence-corrected chi connectivity index (χ1v) is 6.48. The zero-order chi connectivity index (χ0) is 14.8. The highest BCUT2D eigenvalue weighted by atomic mass is 19.1. The number of benzene rings is 1. The summed E-state index contributed by atoms with van der Waals surface area (Å²) in [7, 11) is 1.35. The second-order valence-electron chi connectivity index (χ2n) is 4.73. The maximum atomic E-state index is 13.0. The Bertz CT molecular complexity index is 660. The summed E-state index contributed by atoms with van der Waals surface area (Å²) in [6, 6.07) is 8.08. The van der Waals surface area contributed by atoms with Gasteiger partial charge < -0.3 is 9.64 Å². The van der Waals surface area contributed by atoms with E-state index in [0.717, 1.165) is 16.9 Å². The molecule has 0 radical (unpaired) electrons. The number of carbonyl (C=O) groups is 1. The van der Waals surface area contributed by atoms with Gasteiger partial charge >= 0.3 is 6.09 Å². The minimum atomic E-state index is -0.413. The minimum absolute atomic E-state index is 0.265. The van der Waals surface area contributed by atoms with E-state index >= 15 is 0 Å². The SMILES string of the molecule is COC(=O)N1CN(Cc2ccc(F)cc2)c2cnccc21. The van der Waals surface area contributed by atoms with E-state index in [9.17, 15) is 9.18 Å². The Balaban J connectivity index is 1.87. The van der Waals surface area contributed by atoms with Crippen LogP contribution in [-0.4, -0.2) is 24.9 Å². The lowest BCUT2D eigenvalue weighted by Crippen LogP contribution is -2.35. The van der Waals surface area contributed by atoms with Gasteiger partial charge in [-0.15, -0.1) is 0 Å². The number of hydrogen-bond acceptors (Lipinski definition) is 4. The Morgan fingerprint density at radius 1 is 1.29 bits per heavy atom. The number of methoxy groups -OCH3 is 1. The molecule has 5 nitrogen and oxygen atoms in total. The van der Waals surface area contributed by atoms with Gasteiger partial charge in [0, 0.05) is 12.7 Å². The first-order valence-electron chi connectivity index (χ1n) is 6.48. The number of hydrogen-bond donors (Lipinski definition) is 0. The van der Waals surface area contributed by atoms with Crippen LogP contribution in [-0.2, 0) is 11.3 Å². The second-order valence-corrected chi connectivity index (χ2v) is 4.73. The predicted octanol–water partition coefficient (Wildman–Crippen LogP) is 2.77. The molecule has 0 saturated carbocycles. The van der Waals surface area contributed by atoms with Crippen molar-refractivity contribution in [3.63, 3.8) is 0 Å². The molecule has 0 unspecified atom stereocenters. The van der Waals surface area contributed by atoms with Crippen molar-refractivity contribution in [2.24, 2.45) is 0 Å². The average Bonchev–Trinajstić information content (AvgIpc) is 2.88. The van der Waals surface area contributed by atoms with E-state index in [2.05, 4.69) is 4.98 Å². The van der Waals surface area contributed by atoms with Crippen LogP contribution in [0.5, 0.6) is 0 Å². The van der Waals surface area contributed by atoms with E-state index in [0.29, 0.717) is 13.2 Å². The van der Waals surface area contributed by atoms with E-state index < -0.39 is 6.09 Å². The highest BCUT2D eigenvalue weighted by molar-refractivity contribution is 5.95. The van der Waals surface area contributed by atoms with Gasteiger partial charge in [0.25, 0.3) is 0 Å². The molecule has 1 aromatic carbocycles. The van der Waals surface area contributed by atoms with E-state index in [1.807, 2.05) is 4.90 Å². The normalized spacial score (nSPS) is 13.2. The van der Waals surface area contributed by atoms with Gasteiger partial charge in [-0.2, -0.15) is 0 Å². The third-order valence-corrected chi connectivity index (χ3v) is 3.40. The van der Waals surface area contributed by atoms with Crippen molar-refractivity contribution in [3.05, 3.63) is 54.1 Å². The van der Waals surface area contributed by atoms with Gasteiger partial charge in [-0.1, -0.05) is 12.1 Å². The molecule has 0 spiro atoms. The predicted molar refractivity (Wildman–Crippen MR) is 76.6 cm³/mol. The molecule has 6 heteroatoms. The van der Waals surface area contributed by atoms with Gasteiger partial charge in [0.05, 0.1) is 24.7 Å². The fourth-order valence-corrected chi connectivity index (χ4v) is 2.39. The summed E-state index contributed by atoms with van der Waals surface area (Å²) in [6.45, 7) is 0.942. The lowest BCUT2D eigenvalue weighted by Gasteiger charge is -2.19. The standard InChI is InChI=1S/C15H14FN3O2/c1-21-15(20)19-10-18(14-8-17-7-6-13(14)19)9-11-2-4-12(16)5-3-11/h2-8H,9-10H2,1H3. The quantitative estimate of drug-likeness (QED) is 0.852. The van der Waals surface area contributed by atoms with Crippen LogP contribution in [0.3, 0.4) is 0 Å². The summed E-state index contributed by atoms with van der Waals surface area (Å²) in [5.41, 5.74) is 2.57. The molecule has 1 aliphatic rings. The van der Waals surface area contributed by atoms with Gasteiger partial charge in [0.1, 0.15) is 12.5 Å². The van der Waals surface area contributed by atoms with Crippen molar-refractivity contribution in [3.8, 4) is 0 Å². The minimum Gasteiger partial charge on any atom is -0.452 e. The second kappa shape index (κ2) is 5.40. The summed E-state index contributed by atoms with van der Waals surface area (Å²) in [4.78, 5) is 19.5. The van der Waals surface area contributed by atoms with Gasteiger partial charge in [-0.3, -0.25) is 9.88 Å². The molecule has 1 aliphatic heterocycles. The molecule has 1 aromatic heterocycles. The highest BCUT2D eigenvalue weighted by Crippen LogP contribution is 2.36. The molecule has 0 N–H and O–H groups in total. The Hall–Kier alpha value is -2.63. The van der Waals surface area contributed by atoms with E-state index in [1.165, 1.54) is 19.2 Å². The molecule has 0 fully saturated rings. The maximum Gasteiger partial charge on any atom is 0.415 e. The molecule has 3 rings (SSSR count). The number of ether oxygens (including phenoxy) is 1. The number of nitrogens with zero attached hydrogens (tertiary/aromatic N) is 3. The summed E-state index contributed by atoms with van der Waals surface area (Å²) in [6.07, 6.45) is 2.93. The number of carbonyl (C=O) groups excluding carboxylic acids is 1. The van der Waals surface area contributed by atoms with Crippen LogP contribution in [0.2, 0.25) is 0 Å². The summed E-state index contributed by atoms with van der Waals surface area (Å²) in [5, 5.41) is 0. The molecule has 21 heavy (non-hydrogen) atoms. The number of amides is 1. The molecule has 108 valence electrons. The Labute approximate surface area is 121 Å². The summed E-state index contributed by atoms with van der Waals surface area (Å²) < 4.78 is 17.8. The highest BCUT2D eigenvalue weighted by Gasteiger charge is 2.30. The molecule has 2 heterocycles. The fourth-order valence-electron chi connectivity index (χ4n) is 2.39. The van der Waals surface area contributed by atoms with Crippen molar-refractivity contribution in [2.75, 3.05) is 23.6 Å². The average molecular weight is 287 g/mol. The molecule has 0 aliphatic carbocycles. The lowest BCUT2D eigenvalue weighted by atomic mass is 10.2. The van der Waals surface area contributed by atoms with Crippen molar-refractivity contribution in [1.82, 2.24) is 4.98 Å². The van der Waals surface area contributed by atoms with E-state index in [-0.39, 0.29) is 5.82 Å². The molecule has 1 amide bonds. The Kier molecular flexibility index (Phi) is 3.43. The molecular formula is C15H14FN3O2. The van der Waals surface area contributed by atoms with Gasteiger partial charge in [0.15, 0.2) is 0 Å². The van der Waals surface area contributed by atoms with Crippen molar-refractivity contribution < 1.29 is 13.9 Å². The van der Waals surface area contributed by atoms with Crippen LogP contribution in [0, 0.1) is 5.82 Å². The Morgan fingerprint density at radius 3 is 2.76 bits per heavy atom. The van der Waals surface area contributed by atoms with Crippen LogP contribution in [0.25, 0.3) is 0 Å². The van der Waals surface area contributed by atoms with E-state index in [4.69, 9.17) is 4.74 Å². The van der Waals surface area contributed by atoms with Gasteiger partial charge in [0.2, 0.25) is 0 Å². The molecular weight excluding hydrogens is 273 g/mol. The largest absolute Gasteiger partial charge is 0.452 e. The van der Waals surface area contributed by atoms with Crippen LogP contribution >= 0.6 is 0 Å². The van der Waals surface area contributed by atoms with Crippen LogP contribution in [0.1, 0.15) is 5.56 Å². The molecule has 2 aromatic rings. The monoisotopic (exact) mass is 287 g/mol. The topological polar surface area (TPSA) is 45.7 Å². The number of aromatic nitrogens is 1. The zero-order valence-electron chi connectivity index (χ0n) is 11.5. The number of fused-ring (bicyclic) bond motifs is 1. The number of anilines is 2. The Morgan fingerprint density at radius 2 is 2.05 bits per heavy atom. The first kappa shape index (κ1) is 13.4. The summed E-state index contributed by atoms with van der Waals surface area (Å²) >= 11 is 0. The number of halogens is 1. The smallest absolute Gasteiger partial charge is 0.415 e. The van der Waals surface area contributed by atoms with E-state index in [1.54, 1.807) is 35.5 Å². The van der Waals surface area contributed by atoms with Crippen LogP contribution in [0.15, 0.2) is 42.7 Å². The molecule has 0 atom stereocenters. The van der Waals surface area contributed by atoms with Crippen molar-refractivity contribution in [1.29, 1.82) is 0 Å². The van der Waals surface area contributed by atoms with Crippen molar-refractivity contribution >= 4 is 17.5 Å². The number of rotatable bonds is 2. The number of pyridine rings is 1. The zero-order valence-corrected chi connectivity index (χ0v) is 11.5. The van der Waals surface area contributed by atoms with Crippen LogP contribution < -0.4 is 9.80 Å². The summed E-state index contributed by atoms with van der Waals surface area (Å²) in [5.74, 6) is -0.265. The van der Waals surface area contributed by atoms with Crippen LogP contribution in [0.4, 0.5) is 20.6 Å². The molecule has 0 saturated heterocycles. The van der Waals surface area contributed by atoms with Gasteiger partial charge in [-0.05, 0) is 23.8 Å². The fraction of sp³-hybridized carbons (Fsp3) is 0.200. The maximum absolute atomic E-state index is 13.0. The molecule has 0 bridgehead atoms. The third kappa shape index (κ3) is 2.52. The van der Waals surface area contributed by atoms with Gasteiger partial charge in [-0.25, -0.2) is 9.18 Å². The first-order chi connectivity index (χ1) is 10.2. The third-order valence-electron chi connectivity index (χ3n) is 3.40. The lowest BCUT2D eigenvalue weighted by molar-refractivity contribution is 0.179. The van der Waals surface area contributed by atoms with Crippen molar-refractivity contribution in [2.45, 2.75) is 6.54 Å².